The summed E-state index contributed by atoms with van der Waals surface area (Å²) in [5.41, 5.74) is 0. The van der Waals surface area contributed by atoms with E-state index in [0.717, 1.165) is 19.3 Å². The number of benzene rings is 1. The topological polar surface area (TPSA) is 49.4 Å². The summed E-state index contributed by atoms with van der Waals surface area (Å²) in [7, 11) is -3.77. The summed E-state index contributed by atoms with van der Waals surface area (Å²) >= 11 is 0. The molecule has 1 aromatic rings. The van der Waals surface area contributed by atoms with Gasteiger partial charge in [0.1, 0.15) is 10.7 Å². The SMILES string of the molecule is CC(C)NCC1CCCCN1S(=O)(=O)c1ccccc1F. The number of sulfonamides is 1. The monoisotopic (exact) mass is 314 g/mol. The van der Waals surface area contributed by atoms with Gasteiger partial charge < -0.3 is 5.32 Å². The molecule has 0 amide bonds. The number of nitrogens with zero attached hydrogens (tertiary/aromatic N) is 1. The van der Waals surface area contributed by atoms with Crippen LogP contribution in [0.25, 0.3) is 0 Å². The molecule has 0 bridgehead atoms. The first-order valence-corrected chi connectivity index (χ1v) is 8.86. The standard InChI is InChI=1S/C15H23FN2O2S/c1-12(2)17-11-13-7-5-6-10-18(13)21(19,20)15-9-4-3-8-14(15)16/h3-4,8-9,12-13,17H,5-7,10-11H2,1-2H3. The van der Waals surface area contributed by atoms with Crippen LogP contribution in [0.15, 0.2) is 29.2 Å². The van der Waals surface area contributed by atoms with Gasteiger partial charge in [-0.2, -0.15) is 4.31 Å². The third-order valence-electron chi connectivity index (χ3n) is 3.76. The van der Waals surface area contributed by atoms with Crippen LogP contribution in [0.1, 0.15) is 33.1 Å². The Balaban J connectivity index is 2.25. The molecule has 2 rings (SSSR count). The lowest BCUT2D eigenvalue weighted by molar-refractivity contribution is 0.241. The van der Waals surface area contributed by atoms with E-state index in [9.17, 15) is 12.8 Å². The molecule has 0 aliphatic carbocycles. The highest BCUT2D eigenvalue weighted by molar-refractivity contribution is 7.89. The van der Waals surface area contributed by atoms with Crippen molar-refractivity contribution in [3.8, 4) is 0 Å². The molecule has 4 nitrogen and oxygen atoms in total. The summed E-state index contributed by atoms with van der Waals surface area (Å²) in [6, 6.07) is 5.78. The Hall–Kier alpha value is -0.980. The molecule has 21 heavy (non-hydrogen) atoms. The maximum Gasteiger partial charge on any atom is 0.246 e. The van der Waals surface area contributed by atoms with Crippen LogP contribution < -0.4 is 5.32 Å². The molecule has 0 radical (unpaired) electrons. The van der Waals surface area contributed by atoms with E-state index in [1.807, 2.05) is 13.8 Å². The van der Waals surface area contributed by atoms with E-state index in [2.05, 4.69) is 5.32 Å². The van der Waals surface area contributed by atoms with Gasteiger partial charge in [-0.3, -0.25) is 0 Å². The first kappa shape index (κ1) is 16.4. The fourth-order valence-electron chi connectivity index (χ4n) is 2.65. The molecule has 1 heterocycles. The number of rotatable bonds is 5. The van der Waals surface area contributed by atoms with Gasteiger partial charge in [0.25, 0.3) is 0 Å². The number of piperidine rings is 1. The molecule has 1 N–H and O–H groups in total. The average Bonchev–Trinajstić information content (AvgIpc) is 2.45. The van der Waals surface area contributed by atoms with Gasteiger partial charge in [0.05, 0.1) is 0 Å². The highest BCUT2D eigenvalue weighted by Crippen LogP contribution is 2.26. The predicted molar refractivity (Wildman–Crippen MR) is 81.1 cm³/mol. The van der Waals surface area contributed by atoms with E-state index >= 15 is 0 Å². The van der Waals surface area contributed by atoms with Gasteiger partial charge in [0.15, 0.2) is 0 Å². The molecule has 6 heteroatoms. The largest absolute Gasteiger partial charge is 0.313 e. The molecule has 0 saturated carbocycles. The van der Waals surface area contributed by atoms with E-state index in [-0.39, 0.29) is 10.9 Å². The highest BCUT2D eigenvalue weighted by atomic mass is 32.2. The van der Waals surface area contributed by atoms with Crippen LogP contribution in [0.3, 0.4) is 0 Å². The van der Waals surface area contributed by atoms with Crippen molar-refractivity contribution in [3.63, 3.8) is 0 Å². The Bertz CT molecular complexity index is 575. The predicted octanol–water partition coefficient (Wildman–Crippen LogP) is 2.37. The van der Waals surface area contributed by atoms with Crippen LogP contribution >= 0.6 is 0 Å². The van der Waals surface area contributed by atoms with Gasteiger partial charge in [0.2, 0.25) is 10.0 Å². The van der Waals surface area contributed by atoms with Crippen molar-refractivity contribution < 1.29 is 12.8 Å². The van der Waals surface area contributed by atoms with Crippen LogP contribution in [0.4, 0.5) is 4.39 Å². The fourth-order valence-corrected chi connectivity index (χ4v) is 4.41. The maximum absolute atomic E-state index is 13.9. The van der Waals surface area contributed by atoms with Crippen molar-refractivity contribution in [2.75, 3.05) is 13.1 Å². The van der Waals surface area contributed by atoms with Crippen LogP contribution in [0, 0.1) is 5.82 Å². The maximum atomic E-state index is 13.9. The number of nitrogens with one attached hydrogen (secondary N) is 1. The minimum atomic E-state index is -3.77. The molecule has 1 atom stereocenters. The zero-order valence-corrected chi connectivity index (χ0v) is 13.4. The number of hydrogen-bond acceptors (Lipinski definition) is 3. The Labute approximate surface area is 126 Å². The smallest absolute Gasteiger partial charge is 0.246 e. The second kappa shape index (κ2) is 6.85. The molecular formula is C15H23FN2O2S. The highest BCUT2D eigenvalue weighted by Gasteiger charge is 2.34. The summed E-state index contributed by atoms with van der Waals surface area (Å²) in [4.78, 5) is -0.221. The van der Waals surface area contributed by atoms with E-state index in [4.69, 9.17) is 0 Å². The van der Waals surface area contributed by atoms with Gasteiger partial charge >= 0.3 is 0 Å². The van der Waals surface area contributed by atoms with Crippen LogP contribution in [-0.2, 0) is 10.0 Å². The molecule has 1 unspecified atom stereocenters. The lowest BCUT2D eigenvalue weighted by atomic mass is 10.0. The fraction of sp³-hybridized carbons (Fsp3) is 0.600. The molecular weight excluding hydrogens is 291 g/mol. The molecule has 1 aliphatic rings. The van der Waals surface area contributed by atoms with Crippen molar-refractivity contribution in [2.45, 2.75) is 50.1 Å². The first-order valence-electron chi connectivity index (χ1n) is 7.42. The summed E-state index contributed by atoms with van der Waals surface area (Å²) in [6.07, 6.45) is 2.65. The molecule has 118 valence electrons. The second-order valence-corrected chi connectivity index (χ2v) is 7.62. The summed E-state index contributed by atoms with van der Waals surface area (Å²) in [5, 5.41) is 3.28. The van der Waals surface area contributed by atoms with Crippen molar-refractivity contribution in [1.29, 1.82) is 0 Å². The van der Waals surface area contributed by atoms with Crippen LogP contribution in [0.5, 0.6) is 0 Å². The normalized spacial score (nSPS) is 20.9. The Morgan fingerprint density at radius 1 is 1.33 bits per heavy atom. The molecule has 1 aromatic carbocycles. The Kier molecular flexibility index (Phi) is 5.35. The zero-order valence-electron chi connectivity index (χ0n) is 12.5. The Morgan fingerprint density at radius 2 is 2.05 bits per heavy atom. The van der Waals surface area contributed by atoms with E-state index in [1.165, 1.54) is 22.5 Å². The van der Waals surface area contributed by atoms with Crippen molar-refractivity contribution in [1.82, 2.24) is 9.62 Å². The van der Waals surface area contributed by atoms with E-state index in [0.29, 0.717) is 19.1 Å². The zero-order chi connectivity index (χ0) is 15.5. The summed E-state index contributed by atoms with van der Waals surface area (Å²) < 4.78 is 40.8. The minimum Gasteiger partial charge on any atom is -0.313 e. The lowest BCUT2D eigenvalue weighted by Gasteiger charge is -2.35. The quantitative estimate of drug-likeness (QED) is 0.908. The average molecular weight is 314 g/mol. The summed E-state index contributed by atoms with van der Waals surface area (Å²) in [6.45, 7) is 5.11. The molecule has 0 aromatic heterocycles. The van der Waals surface area contributed by atoms with Crippen molar-refractivity contribution in [3.05, 3.63) is 30.1 Å². The third kappa shape index (κ3) is 3.81. The minimum absolute atomic E-state index is 0.106. The first-order chi connectivity index (χ1) is 9.93. The Morgan fingerprint density at radius 3 is 2.71 bits per heavy atom. The molecule has 1 saturated heterocycles. The number of halogens is 1. The van der Waals surface area contributed by atoms with Gasteiger partial charge in [-0.1, -0.05) is 32.4 Å². The molecule has 1 aliphatic heterocycles. The second-order valence-electron chi connectivity index (χ2n) is 5.76. The van der Waals surface area contributed by atoms with Gasteiger partial charge in [-0.05, 0) is 25.0 Å². The summed E-state index contributed by atoms with van der Waals surface area (Å²) in [5.74, 6) is -0.682. The lowest BCUT2D eigenvalue weighted by Crippen LogP contribution is -2.49. The van der Waals surface area contributed by atoms with E-state index in [1.54, 1.807) is 6.07 Å². The van der Waals surface area contributed by atoms with Gasteiger partial charge in [-0.25, -0.2) is 12.8 Å². The number of hydrogen-bond donors (Lipinski definition) is 1. The van der Waals surface area contributed by atoms with Crippen LogP contribution in [-0.4, -0.2) is 37.9 Å². The third-order valence-corrected chi connectivity index (χ3v) is 5.74. The van der Waals surface area contributed by atoms with Crippen molar-refractivity contribution in [2.24, 2.45) is 0 Å². The van der Waals surface area contributed by atoms with Crippen molar-refractivity contribution >= 4 is 10.0 Å². The van der Waals surface area contributed by atoms with Gasteiger partial charge in [0, 0.05) is 25.2 Å². The molecule has 1 fully saturated rings. The van der Waals surface area contributed by atoms with Gasteiger partial charge in [-0.15, -0.1) is 0 Å². The van der Waals surface area contributed by atoms with E-state index < -0.39 is 15.8 Å². The molecule has 0 spiro atoms. The van der Waals surface area contributed by atoms with Crippen LogP contribution in [0.2, 0.25) is 0 Å².